The van der Waals surface area contributed by atoms with E-state index >= 15 is 0 Å². The highest BCUT2D eigenvalue weighted by Gasteiger charge is 1.99. The molecule has 58 valence electrons. The second-order valence-corrected chi connectivity index (χ2v) is 3.40. The first-order chi connectivity index (χ1) is 5.81. The molecule has 1 aromatic heterocycles. The van der Waals surface area contributed by atoms with E-state index in [1.54, 1.807) is 10.8 Å². The lowest BCUT2D eigenvalue weighted by Crippen LogP contribution is -1.82. The van der Waals surface area contributed by atoms with E-state index in [0.717, 1.165) is 15.4 Å². The summed E-state index contributed by atoms with van der Waals surface area (Å²) in [6.07, 6.45) is 3.83. The molecule has 0 saturated carbocycles. The Hall–Kier alpha value is -1.27. The third kappa shape index (κ3) is 1.01. The molecular weight excluding hydrogens is 216 g/mol. The highest BCUT2D eigenvalue weighted by atomic mass is 79.9. The maximum absolute atomic E-state index is 8.71. The van der Waals surface area contributed by atoms with E-state index in [1.807, 2.05) is 24.3 Å². The van der Waals surface area contributed by atoms with Gasteiger partial charge in [-0.2, -0.15) is 5.26 Å². The summed E-state index contributed by atoms with van der Waals surface area (Å²) in [6.45, 7) is 0. The molecule has 0 unspecified atom stereocenters. The molecule has 0 bridgehead atoms. The number of rotatable bonds is 0. The van der Waals surface area contributed by atoms with Crippen molar-refractivity contribution in [1.82, 2.24) is 4.57 Å². The Kier molecular flexibility index (Phi) is 1.63. The molecule has 0 spiro atoms. The standard InChI is InChI=1S/C9H5BrN2/c10-8-2-1-7-3-4-12(6-11)9(7)5-8/h1-5H. The molecule has 0 fully saturated rings. The fourth-order valence-electron chi connectivity index (χ4n) is 1.19. The summed E-state index contributed by atoms with van der Waals surface area (Å²) < 4.78 is 2.53. The number of aromatic nitrogens is 1. The number of benzene rings is 1. The Bertz CT molecular complexity index is 465. The van der Waals surface area contributed by atoms with E-state index in [0.29, 0.717) is 0 Å². The van der Waals surface area contributed by atoms with Crippen molar-refractivity contribution < 1.29 is 0 Å². The van der Waals surface area contributed by atoms with E-state index in [2.05, 4.69) is 22.1 Å². The van der Waals surface area contributed by atoms with Gasteiger partial charge in [0.05, 0.1) is 5.52 Å². The molecule has 0 aliphatic carbocycles. The first kappa shape index (κ1) is 7.38. The van der Waals surface area contributed by atoms with E-state index < -0.39 is 0 Å². The smallest absolute Gasteiger partial charge is 0.188 e. The minimum atomic E-state index is 0.937. The van der Waals surface area contributed by atoms with Crippen LogP contribution in [-0.4, -0.2) is 4.57 Å². The molecule has 0 saturated heterocycles. The molecule has 0 aliphatic heterocycles. The summed E-state index contributed by atoms with van der Waals surface area (Å²) in [5, 5.41) is 9.80. The van der Waals surface area contributed by atoms with Crippen molar-refractivity contribution in [3.05, 3.63) is 34.9 Å². The van der Waals surface area contributed by atoms with Gasteiger partial charge in [-0.1, -0.05) is 22.0 Å². The molecule has 0 amide bonds. The zero-order valence-corrected chi connectivity index (χ0v) is 7.75. The van der Waals surface area contributed by atoms with Gasteiger partial charge in [0.25, 0.3) is 0 Å². The summed E-state index contributed by atoms with van der Waals surface area (Å²) in [4.78, 5) is 0. The van der Waals surface area contributed by atoms with Gasteiger partial charge in [-0.05, 0) is 18.2 Å². The highest BCUT2D eigenvalue weighted by Crippen LogP contribution is 2.19. The predicted molar refractivity (Wildman–Crippen MR) is 50.6 cm³/mol. The van der Waals surface area contributed by atoms with Gasteiger partial charge in [-0.15, -0.1) is 0 Å². The van der Waals surface area contributed by atoms with Crippen molar-refractivity contribution in [3.8, 4) is 6.19 Å². The molecular formula is C9H5BrN2. The third-order valence-electron chi connectivity index (χ3n) is 1.76. The van der Waals surface area contributed by atoms with Gasteiger partial charge in [0.15, 0.2) is 6.19 Å². The van der Waals surface area contributed by atoms with Crippen LogP contribution in [0.25, 0.3) is 10.9 Å². The number of fused-ring (bicyclic) bond motifs is 1. The van der Waals surface area contributed by atoms with Gasteiger partial charge in [0, 0.05) is 16.1 Å². The molecule has 12 heavy (non-hydrogen) atoms. The van der Waals surface area contributed by atoms with E-state index in [-0.39, 0.29) is 0 Å². The minimum Gasteiger partial charge on any atom is -0.254 e. The lowest BCUT2D eigenvalue weighted by atomic mass is 10.2. The quantitative estimate of drug-likeness (QED) is 0.672. The van der Waals surface area contributed by atoms with Crippen LogP contribution in [-0.2, 0) is 0 Å². The summed E-state index contributed by atoms with van der Waals surface area (Å²) in [7, 11) is 0. The molecule has 0 aliphatic rings. The van der Waals surface area contributed by atoms with E-state index in [1.165, 1.54) is 0 Å². The maximum Gasteiger partial charge on any atom is 0.188 e. The minimum absolute atomic E-state index is 0.937. The van der Waals surface area contributed by atoms with Gasteiger partial charge >= 0.3 is 0 Å². The second-order valence-electron chi connectivity index (χ2n) is 2.49. The van der Waals surface area contributed by atoms with Crippen LogP contribution >= 0.6 is 15.9 Å². The van der Waals surface area contributed by atoms with Crippen molar-refractivity contribution in [3.63, 3.8) is 0 Å². The van der Waals surface area contributed by atoms with Crippen LogP contribution in [0.5, 0.6) is 0 Å². The van der Waals surface area contributed by atoms with Crippen LogP contribution in [0.2, 0.25) is 0 Å². The van der Waals surface area contributed by atoms with Gasteiger partial charge in [0.1, 0.15) is 0 Å². The Morgan fingerprint density at radius 1 is 1.33 bits per heavy atom. The van der Waals surface area contributed by atoms with Gasteiger partial charge in [-0.3, -0.25) is 4.57 Å². The molecule has 0 radical (unpaired) electrons. The molecule has 2 rings (SSSR count). The van der Waals surface area contributed by atoms with Gasteiger partial charge in [-0.25, -0.2) is 0 Å². The summed E-state index contributed by atoms with van der Waals surface area (Å²) >= 11 is 3.36. The molecule has 0 N–H and O–H groups in total. The first-order valence-corrected chi connectivity index (χ1v) is 4.27. The summed E-state index contributed by atoms with van der Waals surface area (Å²) in [6, 6.07) is 7.79. The average Bonchev–Trinajstić information content (AvgIpc) is 2.46. The van der Waals surface area contributed by atoms with Crippen molar-refractivity contribution >= 4 is 26.8 Å². The number of hydrogen-bond acceptors (Lipinski definition) is 1. The lowest BCUT2D eigenvalue weighted by Gasteiger charge is -1.93. The van der Waals surface area contributed by atoms with E-state index in [4.69, 9.17) is 5.26 Å². The van der Waals surface area contributed by atoms with Crippen molar-refractivity contribution in [2.75, 3.05) is 0 Å². The Morgan fingerprint density at radius 3 is 2.92 bits per heavy atom. The molecule has 2 aromatic rings. The lowest BCUT2D eigenvalue weighted by molar-refractivity contribution is 1.15. The van der Waals surface area contributed by atoms with Crippen LogP contribution in [0.4, 0.5) is 0 Å². The van der Waals surface area contributed by atoms with Crippen LogP contribution in [0.1, 0.15) is 0 Å². The van der Waals surface area contributed by atoms with Crippen molar-refractivity contribution in [2.24, 2.45) is 0 Å². The zero-order valence-electron chi connectivity index (χ0n) is 6.16. The Morgan fingerprint density at radius 2 is 2.17 bits per heavy atom. The predicted octanol–water partition coefficient (Wildman–Crippen LogP) is 2.73. The second kappa shape index (κ2) is 2.65. The van der Waals surface area contributed by atoms with Crippen molar-refractivity contribution in [2.45, 2.75) is 0 Å². The monoisotopic (exact) mass is 220 g/mol. The van der Waals surface area contributed by atoms with Crippen LogP contribution in [0.15, 0.2) is 34.9 Å². The number of nitriles is 1. The molecule has 2 nitrogen and oxygen atoms in total. The molecule has 1 heterocycles. The van der Waals surface area contributed by atoms with Gasteiger partial charge in [0.2, 0.25) is 0 Å². The molecule has 3 heteroatoms. The van der Waals surface area contributed by atoms with Gasteiger partial charge < -0.3 is 0 Å². The number of halogens is 1. The average molecular weight is 221 g/mol. The Balaban J connectivity index is 2.86. The van der Waals surface area contributed by atoms with Crippen LogP contribution in [0.3, 0.4) is 0 Å². The largest absolute Gasteiger partial charge is 0.254 e. The zero-order chi connectivity index (χ0) is 8.55. The normalized spacial score (nSPS) is 10.0. The fourth-order valence-corrected chi connectivity index (χ4v) is 1.54. The van der Waals surface area contributed by atoms with E-state index in [9.17, 15) is 0 Å². The molecule has 0 atom stereocenters. The highest BCUT2D eigenvalue weighted by molar-refractivity contribution is 9.10. The van der Waals surface area contributed by atoms with Crippen LogP contribution in [0, 0.1) is 11.5 Å². The van der Waals surface area contributed by atoms with Crippen LogP contribution < -0.4 is 0 Å². The first-order valence-electron chi connectivity index (χ1n) is 3.48. The maximum atomic E-state index is 8.71. The fraction of sp³-hybridized carbons (Fsp3) is 0. The number of nitrogens with zero attached hydrogens (tertiary/aromatic N) is 2. The third-order valence-corrected chi connectivity index (χ3v) is 2.26. The Labute approximate surface area is 78.2 Å². The SMILES string of the molecule is N#Cn1ccc2ccc(Br)cc21. The summed E-state index contributed by atoms with van der Waals surface area (Å²) in [5.74, 6) is 0. The van der Waals surface area contributed by atoms with Crippen molar-refractivity contribution in [1.29, 1.82) is 5.26 Å². The number of hydrogen-bond donors (Lipinski definition) is 0. The molecule has 1 aromatic carbocycles. The summed E-state index contributed by atoms with van der Waals surface area (Å²) in [5.41, 5.74) is 0.937. The topological polar surface area (TPSA) is 28.7 Å².